The van der Waals surface area contributed by atoms with Gasteiger partial charge in [0.2, 0.25) is 0 Å². The smallest absolute Gasteiger partial charge is 0.292 e. The van der Waals surface area contributed by atoms with Gasteiger partial charge in [0, 0.05) is 22.7 Å². The van der Waals surface area contributed by atoms with Gasteiger partial charge in [-0.25, -0.2) is 9.13 Å². The van der Waals surface area contributed by atoms with Crippen molar-refractivity contribution < 1.29 is 14.2 Å². The molecule has 30 heavy (non-hydrogen) atoms. The van der Waals surface area contributed by atoms with E-state index in [1.807, 2.05) is 70.8 Å². The number of nitrogens with zero attached hydrogens (tertiary/aromatic N) is 3. The Morgan fingerprint density at radius 3 is 2.10 bits per heavy atom. The number of methoxy groups -OCH3 is 1. The van der Waals surface area contributed by atoms with Crippen molar-refractivity contribution in [2.75, 3.05) is 7.11 Å². The molecular formula is C23H19N3O3S. The lowest BCUT2D eigenvalue weighted by atomic mass is 10.1. The van der Waals surface area contributed by atoms with Crippen LogP contribution in [0.4, 0.5) is 5.69 Å². The summed E-state index contributed by atoms with van der Waals surface area (Å²) < 4.78 is 9.29. The van der Waals surface area contributed by atoms with Crippen LogP contribution in [0.5, 0.6) is 5.75 Å². The van der Waals surface area contributed by atoms with E-state index in [0.717, 1.165) is 34.1 Å². The highest BCUT2D eigenvalue weighted by atomic mass is 32.1. The predicted octanol–water partition coefficient (Wildman–Crippen LogP) is 4.46. The number of rotatable bonds is 5. The Hall–Kier alpha value is -3.71. The molecule has 0 saturated heterocycles. The number of ether oxygens (including phenoxy) is 1. The number of nitro benzene ring substituents is 1. The third kappa shape index (κ3) is 3.40. The molecule has 4 rings (SSSR count). The summed E-state index contributed by atoms with van der Waals surface area (Å²) in [6.07, 6.45) is 0. The van der Waals surface area contributed by atoms with Gasteiger partial charge in [0.25, 0.3) is 11.5 Å². The van der Waals surface area contributed by atoms with Gasteiger partial charge in [-0.15, -0.1) is 0 Å². The van der Waals surface area contributed by atoms with E-state index in [4.69, 9.17) is 17.4 Å². The maximum absolute atomic E-state index is 11.1. The Morgan fingerprint density at radius 2 is 1.53 bits per heavy atom. The summed E-state index contributed by atoms with van der Waals surface area (Å²) in [6, 6.07) is 24.1. The van der Waals surface area contributed by atoms with Crippen LogP contribution in [0.3, 0.4) is 0 Å². The molecule has 0 bridgehead atoms. The number of benzene rings is 3. The normalized spacial score (nSPS) is 10.7. The minimum absolute atomic E-state index is 0.0493. The number of non-ortho nitro benzene ring substituents is 1. The third-order valence-electron chi connectivity index (χ3n) is 4.98. The second-order valence-electron chi connectivity index (χ2n) is 6.74. The second-order valence-corrected chi connectivity index (χ2v) is 7.13. The first-order valence-corrected chi connectivity index (χ1v) is 9.68. The number of aromatic nitrogens is 2. The summed E-state index contributed by atoms with van der Waals surface area (Å²) in [4.78, 5) is 10.7. The van der Waals surface area contributed by atoms with Gasteiger partial charge in [0.1, 0.15) is 11.4 Å². The van der Waals surface area contributed by atoms with E-state index in [1.165, 1.54) is 12.1 Å². The van der Waals surface area contributed by atoms with Crippen LogP contribution in [0, 0.1) is 10.1 Å². The van der Waals surface area contributed by atoms with Crippen LogP contribution >= 0.6 is 0 Å². The van der Waals surface area contributed by atoms with Crippen molar-refractivity contribution in [3.8, 4) is 34.1 Å². The zero-order chi connectivity index (χ0) is 21.3. The second kappa shape index (κ2) is 7.96. The maximum Gasteiger partial charge on any atom is 0.292 e. The Kier molecular flexibility index (Phi) is 5.20. The molecule has 0 saturated carbocycles. The van der Waals surface area contributed by atoms with Crippen LogP contribution in [-0.2, 0) is 19.7 Å². The molecule has 0 unspecified atom stereocenters. The molecule has 0 spiro atoms. The van der Waals surface area contributed by atoms with E-state index in [1.54, 1.807) is 19.2 Å². The van der Waals surface area contributed by atoms with Gasteiger partial charge in [-0.3, -0.25) is 10.1 Å². The zero-order valence-corrected chi connectivity index (χ0v) is 17.3. The summed E-state index contributed by atoms with van der Waals surface area (Å²) in [7, 11) is 3.58. The lowest BCUT2D eigenvalue weighted by Crippen LogP contribution is -2.32. The predicted molar refractivity (Wildman–Crippen MR) is 117 cm³/mol. The summed E-state index contributed by atoms with van der Waals surface area (Å²) in [5.41, 5.74) is 3.64. The molecule has 3 aromatic carbocycles. The molecule has 0 atom stereocenters. The largest absolute Gasteiger partial charge is 0.733 e. The van der Waals surface area contributed by atoms with Crippen molar-refractivity contribution in [2.45, 2.75) is 5.03 Å². The lowest BCUT2D eigenvalue weighted by Gasteiger charge is -2.09. The van der Waals surface area contributed by atoms with Crippen LogP contribution < -0.4 is 9.30 Å². The van der Waals surface area contributed by atoms with Gasteiger partial charge >= 0.3 is 0 Å². The van der Waals surface area contributed by atoms with Crippen molar-refractivity contribution in [3.63, 3.8) is 0 Å². The topological polar surface area (TPSA) is 61.2 Å². The van der Waals surface area contributed by atoms with E-state index < -0.39 is 4.92 Å². The van der Waals surface area contributed by atoms with Crippen LogP contribution in [0.2, 0.25) is 0 Å². The highest BCUT2D eigenvalue weighted by Crippen LogP contribution is 2.31. The quantitative estimate of drug-likeness (QED) is 0.208. The molecule has 7 heteroatoms. The Morgan fingerprint density at radius 1 is 0.933 bits per heavy atom. The standard InChI is InChI=1S/C23H19N3O3S/c1-24-21(16-10-14-20(29-2)15-11-16)23(30)25(18-6-4-3-5-7-18)22(24)17-8-12-19(13-9-17)26(27)28/h3-15H,1-2H3. The van der Waals surface area contributed by atoms with Crippen LogP contribution in [0.25, 0.3) is 28.3 Å². The van der Waals surface area contributed by atoms with Crippen LogP contribution in [0.15, 0.2) is 83.9 Å². The molecule has 0 fully saturated rings. The number of hydrogen-bond donors (Lipinski definition) is 0. The van der Waals surface area contributed by atoms with Crippen molar-refractivity contribution in [3.05, 3.63) is 89.0 Å². The minimum atomic E-state index is -0.401. The van der Waals surface area contributed by atoms with E-state index in [9.17, 15) is 10.1 Å². The summed E-state index contributed by atoms with van der Waals surface area (Å²) in [5.74, 6) is 1.61. The number of nitro groups is 1. The highest BCUT2D eigenvalue weighted by molar-refractivity contribution is 7.58. The van der Waals surface area contributed by atoms with E-state index >= 15 is 0 Å². The third-order valence-corrected chi connectivity index (χ3v) is 5.36. The first-order valence-electron chi connectivity index (χ1n) is 9.27. The number of para-hydroxylation sites is 1. The average Bonchev–Trinajstić information content (AvgIpc) is 3.04. The molecule has 150 valence electrons. The molecular weight excluding hydrogens is 398 g/mol. The molecule has 0 aliphatic heterocycles. The molecule has 1 heterocycles. The molecule has 4 aromatic rings. The first-order chi connectivity index (χ1) is 14.5. The van der Waals surface area contributed by atoms with Gasteiger partial charge in [0.15, 0.2) is 5.69 Å². The molecule has 0 N–H and O–H groups in total. The van der Waals surface area contributed by atoms with Crippen molar-refractivity contribution in [2.24, 2.45) is 7.05 Å². The molecule has 1 aromatic heterocycles. The van der Waals surface area contributed by atoms with E-state index in [0.29, 0.717) is 5.03 Å². The Bertz CT molecular complexity index is 1200. The molecule has 0 radical (unpaired) electrons. The van der Waals surface area contributed by atoms with Crippen LogP contribution in [-0.4, -0.2) is 16.6 Å². The van der Waals surface area contributed by atoms with Crippen LogP contribution in [0.1, 0.15) is 0 Å². The fraction of sp³-hybridized carbons (Fsp3) is 0.0870. The molecule has 0 aliphatic rings. The summed E-state index contributed by atoms with van der Waals surface area (Å²) >= 11 is 5.90. The SMILES string of the molecule is COc1ccc(-c2c([S-])n(-c3ccccc3)c(-c3ccc([N+](=O)[O-])cc3)[n+]2C)cc1. The van der Waals surface area contributed by atoms with Crippen molar-refractivity contribution in [1.82, 2.24) is 4.57 Å². The molecule has 6 nitrogen and oxygen atoms in total. The number of imidazole rings is 1. The Labute approximate surface area is 179 Å². The monoisotopic (exact) mass is 417 g/mol. The van der Waals surface area contributed by atoms with Gasteiger partial charge in [-0.05, 0) is 48.5 Å². The van der Waals surface area contributed by atoms with Gasteiger partial charge < -0.3 is 17.4 Å². The fourth-order valence-electron chi connectivity index (χ4n) is 3.54. The molecule has 0 amide bonds. The summed E-state index contributed by atoms with van der Waals surface area (Å²) in [5, 5.41) is 11.7. The lowest BCUT2D eigenvalue weighted by molar-refractivity contribution is -0.649. The highest BCUT2D eigenvalue weighted by Gasteiger charge is 2.26. The van der Waals surface area contributed by atoms with E-state index in [2.05, 4.69) is 0 Å². The van der Waals surface area contributed by atoms with Gasteiger partial charge in [-0.1, -0.05) is 18.2 Å². The van der Waals surface area contributed by atoms with Gasteiger partial charge in [-0.2, -0.15) is 0 Å². The summed E-state index contributed by atoms with van der Waals surface area (Å²) in [6.45, 7) is 0. The Balaban J connectivity index is 1.96. The van der Waals surface area contributed by atoms with Gasteiger partial charge in [0.05, 0.1) is 24.6 Å². The molecule has 0 aliphatic carbocycles. The number of hydrogen-bond acceptors (Lipinski definition) is 4. The zero-order valence-electron chi connectivity index (χ0n) is 16.5. The average molecular weight is 417 g/mol. The van der Waals surface area contributed by atoms with Crippen molar-refractivity contribution >= 4 is 18.3 Å². The maximum atomic E-state index is 11.1. The first kappa shape index (κ1) is 19.6. The minimum Gasteiger partial charge on any atom is -0.733 e. The fourth-order valence-corrected chi connectivity index (χ4v) is 3.99. The van der Waals surface area contributed by atoms with Crippen molar-refractivity contribution in [1.29, 1.82) is 0 Å². The van der Waals surface area contributed by atoms with E-state index in [-0.39, 0.29) is 5.69 Å².